The summed E-state index contributed by atoms with van der Waals surface area (Å²) in [5, 5.41) is 9.51. The third kappa shape index (κ3) is 1.55. The highest BCUT2D eigenvalue weighted by Crippen LogP contribution is 2.39. The van der Waals surface area contributed by atoms with Crippen molar-refractivity contribution in [2.75, 3.05) is 19.8 Å². The lowest BCUT2D eigenvalue weighted by atomic mass is 9.76. The van der Waals surface area contributed by atoms with Gasteiger partial charge < -0.3 is 20.1 Å². The number of imidazole rings is 1. The maximum Gasteiger partial charge on any atom is 0.0955 e. The smallest absolute Gasteiger partial charge is 0.0955 e. The van der Waals surface area contributed by atoms with Crippen molar-refractivity contribution in [2.24, 2.45) is 18.2 Å². The summed E-state index contributed by atoms with van der Waals surface area (Å²) in [7, 11) is 1.96. The second-order valence-electron chi connectivity index (χ2n) is 5.09. The van der Waals surface area contributed by atoms with Gasteiger partial charge in [0.05, 0.1) is 42.6 Å². The number of hydrogen-bond donors (Lipinski definition) is 2. The van der Waals surface area contributed by atoms with Gasteiger partial charge >= 0.3 is 0 Å². The van der Waals surface area contributed by atoms with E-state index in [0.29, 0.717) is 13.2 Å². The van der Waals surface area contributed by atoms with Crippen LogP contribution in [-0.2, 0) is 11.8 Å². The molecule has 3 N–H and O–H groups in total. The minimum atomic E-state index is -0.331. The Hall–Kier alpha value is -1.43. The molecule has 0 aliphatic carbocycles. The van der Waals surface area contributed by atoms with Crippen molar-refractivity contribution in [3.63, 3.8) is 0 Å². The Labute approximate surface area is 105 Å². The van der Waals surface area contributed by atoms with E-state index >= 15 is 0 Å². The molecule has 0 radical (unpaired) electrons. The quantitative estimate of drug-likeness (QED) is 0.832. The summed E-state index contributed by atoms with van der Waals surface area (Å²) >= 11 is 0. The molecule has 1 aliphatic rings. The van der Waals surface area contributed by atoms with Crippen LogP contribution < -0.4 is 5.73 Å². The fraction of sp³-hybridized carbons (Fsp3) is 0.462. The first-order valence-electron chi connectivity index (χ1n) is 6.01. The van der Waals surface area contributed by atoms with Crippen molar-refractivity contribution in [2.45, 2.75) is 6.04 Å². The Kier molecular flexibility index (Phi) is 2.62. The Morgan fingerprint density at radius 1 is 1.56 bits per heavy atom. The predicted octanol–water partition coefficient (Wildman–Crippen LogP) is 0.582. The number of nitrogens with two attached hydrogens (primary N) is 1. The van der Waals surface area contributed by atoms with Crippen LogP contribution in [0.15, 0.2) is 24.5 Å². The van der Waals surface area contributed by atoms with Gasteiger partial charge in [-0.25, -0.2) is 4.98 Å². The summed E-state index contributed by atoms with van der Waals surface area (Å²) < 4.78 is 7.17. The van der Waals surface area contributed by atoms with Crippen molar-refractivity contribution in [1.82, 2.24) is 9.55 Å². The summed E-state index contributed by atoms with van der Waals surface area (Å²) in [6, 6.07) is 5.80. The molecule has 0 bridgehead atoms. The second kappa shape index (κ2) is 4.05. The van der Waals surface area contributed by atoms with Crippen molar-refractivity contribution < 1.29 is 9.84 Å². The zero-order chi connectivity index (χ0) is 12.8. The molecule has 5 nitrogen and oxygen atoms in total. The molecule has 1 aromatic heterocycles. The Morgan fingerprint density at radius 2 is 2.33 bits per heavy atom. The van der Waals surface area contributed by atoms with Crippen LogP contribution in [0.25, 0.3) is 11.0 Å². The van der Waals surface area contributed by atoms with Crippen LogP contribution >= 0.6 is 0 Å². The molecule has 1 atom stereocenters. The first kappa shape index (κ1) is 11.6. The Bertz CT molecular complexity index is 569. The van der Waals surface area contributed by atoms with Gasteiger partial charge in [-0.1, -0.05) is 6.07 Å². The lowest BCUT2D eigenvalue weighted by molar-refractivity contribution is -0.150. The summed E-state index contributed by atoms with van der Waals surface area (Å²) in [6.07, 6.45) is 1.79. The van der Waals surface area contributed by atoms with Gasteiger partial charge in [0.15, 0.2) is 0 Å². The number of aromatic nitrogens is 2. The molecule has 3 rings (SSSR count). The molecule has 1 fully saturated rings. The normalized spacial score (nSPS) is 19.7. The number of rotatable bonds is 3. The molecule has 0 spiro atoms. The van der Waals surface area contributed by atoms with E-state index < -0.39 is 0 Å². The number of aliphatic hydroxyl groups excluding tert-OH is 1. The summed E-state index contributed by atoms with van der Waals surface area (Å²) in [4.78, 5) is 4.33. The van der Waals surface area contributed by atoms with Gasteiger partial charge in [0, 0.05) is 13.1 Å². The van der Waals surface area contributed by atoms with E-state index in [1.54, 1.807) is 6.33 Å². The van der Waals surface area contributed by atoms with E-state index in [4.69, 9.17) is 10.5 Å². The van der Waals surface area contributed by atoms with E-state index in [1.807, 2.05) is 29.8 Å². The molecule has 0 saturated carbocycles. The number of aliphatic hydroxyl groups is 1. The average Bonchev–Trinajstić information content (AvgIpc) is 2.70. The number of ether oxygens (including phenoxy) is 1. The number of hydrogen-bond acceptors (Lipinski definition) is 4. The molecule has 1 unspecified atom stereocenters. The predicted molar refractivity (Wildman–Crippen MR) is 68.0 cm³/mol. The largest absolute Gasteiger partial charge is 0.396 e. The third-order valence-corrected chi connectivity index (χ3v) is 3.86. The van der Waals surface area contributed by atoms with Crippen LogP contribution in [0.2, 0.25) is 0 Å². The van der Waals surface area contributed by atoms with Crippen LogP contribution in [0.4, 0.5) is 0 Å². The van der Waals surface area contributed by atoms with E-state index in [-0.39, 0.29) is 18.1 Å². The lowest BCUT2D eigenvalue weighted by Crippen LogP contribution is -2.52. The molecular weight excluding hydrogens is 230 g/mol. The van der Waals surface area contributed by atoms with Gasteiger partial charge in [0.25, 0.3) is 0 Å². The number of benzene rings is 1. The third-order valence-electron chi connectivity index (χ3n) is 3.86. The molecule has 18 heavy (non-hydrogen) atoms. The second-order valence-corrected chi connectivity index (χ2v) is 5.09. The Balaban J connectivity index is 1.98. The summed E-state index contributed by atoms with van der Waals surface area (Å²) in [6.45, 7) is 1.09. The van der Waals surface area contributed by atoms with Crippen molar-refractivity contribution in [3.8, 4) is 0 Å². The standard InChI is InChI=1S/C13H17N3O2/c1-16-8-15-10-4-9(2-3-11(10)16)12(14)13(5-17)6-18-7-13/h2-4,8,12,17H,5-7,14H2,1H3. The van der Waals surface area contributed by atoms with E-state index in [2.05, 4.69) is 4.98 Å². The maximum absolute atomic E-state index is 9.51. The molecule has 1 saturated heterocycles. The van der Waals surface area contributed by atoms with Crippen molar-refractivity contribution >= 4 is 11.0 Å². The zero-order valence-corrected chi connectivity index (χ0v) is 10.3. The first-order chi connectivity index (χ1) is 8.66. The van der Waals surface area contributed by atoms with Crippen molar-refractivity contribution in [3.05, 3.63) is 30.1 Å². The van der Waals surface area contributed by atoms with E-state index in [1.165, 1.54) is 0 Å². The highest BCUT2D eigenvalue weighted by Gasteiger charge is 2.44. The minimum Gasteiger partial charge on any atom is -0.396 e. The van der Waals surface area contributed by atoms with Gasteiger partial charge in [0.1, 0.15) is 0 Å². The highest BCUT2D eigenvalue weighted by molar-refractivity contribution is 5.76. The summed E-state index contributed by atoms with van der Waals surface area (Å²) in [5.41, 5.74) is 8.94. The van der Waals surface area contributed by atoms with Gasteiger partial charge in [-0.15, -0.1) is 0 Å². The average molecular weight is 247 g/mol. The van der Waals surface area contributed by atoms with Crippen molar-refractivity contribution in [1.29, 1.82) is 0 Å². The zero-order valence-electron chi connectivity index (χ0n) is 10.3. The molecule has 2 heterocycles. The maximum atomic E-state index is 9.51. The van der Waals surface area contributed by atoms with Gasteiger partial charge in [0.2, 0.25) is 0 Å². The molecule has 96 valence electrons. The SMILES string of the molecule is Cn1cnc2cc(C(N)C3(CO)COC3)ccc21. The molecular formula is C13H17N3O2. The molecule has 5 heteroatoms. The van der Waals surface area contributed by atoms with E-state index in [0.717, 1.165) is 16.6 Å². The van der Waals surface area contributed by atoms with Gasteiger partial charge in [-0.2, -0.15) is 0 Å². The first-order valence-corrected chi connectivity index (χ1v) is 6.01. The minimum absolute atomic E-state index is 0.0500. The molecule has 1 aliphatic heterocycles. The lowest BCUT2D eigenvalue weighted by Gasteiger charge is -2.44. The van der Waals surface area contributed by atoms with Crippen LogP contribution in [-0.4, -0.2) is 34.5 Å². The van der Waals surface area contributed by atoms with Crippen LogP contribution in [0.5, 0.6) is 0 Å². The molecule has 0 amide bonds. The van der Waals surface area contributed by atoms with Gasteiger partial charge in [-0.3, -0.25) is 0 Å². The highest BCUT2D eigenvalue weighted by atomic mass is 16.5. The van der Waals surface area contributed by atoms with Crippen LogP contribution in [0, 0.1) is 5.41 Å². The fourth-order valence-electron chi connectivity index (χ4n) is 2.43. The number of nitrogens with zero attached hydrogens (tertiary/aromatic N) is 2. The fourth-order valence-corrected chi connectivity index (χ4v) is 2.43. The van der Waals surface area contributed by atoms with Crippen LogP contribution in [0.3, 0.4) is 0 Å². The van der Waals surface area contributed by atoms with Gasteiger partial charge in [-0.05, 0) is 17.7 Å². The topological polar surface area (TPSA) is 73.3 Å². The molecule has 2 aromatic rings. The molecule has 1 aromatic carbocycles. The monoisotopic (exact) mass is 247 g/mol. The number of fused-ring (bicyclic) bond motifs is 1. The van der Waals surface area contributed by atoms with E-state index in [9.17, 15) is 5.11 Å². The van der Waals surface area contributed by atoms with Crippen LogP contribution in [0.1, 0.15) is 11.6 Å². The number of aryl methyl sites for hydroxylation is 1. The Morgan fingerprint density at radius 3 is 2.94 bits per heavy atom. The summed E-state index contributed by atoms with van der Waals surface area (Å²) in [5.74, 6) is 0.